The van der Waals surface area contributed by atoms with Crippen molar-refractivity contribution in [3.05, 3.63) is 48.0 Å². The van der Waals surface area contributed by atoms with Crippen LogP contribution in [-0.4, -0.2) is 24.2 Å². The van der Waals surface area contributed by atoms with Crippen molar-refractivity contribution in [1.82, 2.24) is 0 Å². The summed E-state index contributed by atoms with van der Waals surface area (Å²) in [7, 11) is 1.51. The second kappa shape index (κ2) is 7.51. The highest BCUT2D eigenvalue weighted by atomic mass is 32.2. The summed E-state index contributed by atoms with van der Waals surface area (Å²) in [5, 5.41) is 4.39. The normalized spacial score (nSPS) is 16.3. The number of thioether (sulfide) groups is 1. The van der Waals surface area contributed by atoms with Crippen molar-refractivity contribution in [2.24, 2.45) is 0 Å². The summed E-state index contributed by atoms with van der Waals surface area (Å²) >= 11 is 1.07. The zero-order valence-electron chi connectivity index (χ0n) is 14.1. The molecule has 2 N–H and O–H groups in total. The first-order valence-corrected chi connectivity index (χ1v) is 8.77. The number of hydrogen-bond acceptors (Lipinski definition) is 4. The number of nitrogens with one attached hydrogen (secondary N) is 2. The van der Waals surface area contributed by atoms with E-state index in [-0.39, 0.29) is 18.0 Å². The predicted octanol–water partition coefficient (Wildman–Crippen LogP) is 4.16. The topological polar surface area (TPSA) is 67.4 Å². The van der Waals surface area contributed by atoms with E-state index in [9.17, 15) is 22.8 Å². The second-order valence-corrected chi connectivity index (χ2v) is 7.03. The maximum atomic E-state index is 12.8. The Morgan fingerprint density at radius 2 is 2.04 bits per heavy atom. The van der Waals surface area contributed by atoms with Crippen molar-refractivity contribution < 1.29 is 27.5 Å². The molecule has 9 heteroatoms. The Morgan fingerprint density at radius 1 is 1.26 bits per heavy atom. The fraction of sp³-hybridized carbons (Fsp3) is 0.222. The van der Waals surface area contributed by atoms with Crippen molar-refractivity contribution in [2.75, 3.05) is 17.7 Å². The summed E-state index contributed by atoms with van der Waals surface area (Å²) in [6.07, 6.45) is -4.61. The number of hydrogen-bond donors (Lipinski definition) is 2. The van der Waals surface area contributed by atoms with Crippen molar-refractivity contribution in [3.8, 4) is 5.75 Å². The standard InChI is InChI=1S/C18H15F3N2O3S/c1-26-12-4-2-3-11(8-12)22-16(24)9-15-17(25)23-13-7-10(18(19,20)21)5-6-14(13)27-15/h2-8,15H,9H2,1H3,(H,22,24)(H,23,25)/t15-/m1/s1. The minimum atomic E-state index is -4.49. The number of halogens is 3. The van der Waals surface area contributed by atoms with Crippen molar-refractivity contribution in [2.45, 2.75) is 22.7 Å². The van der Waals surface area contributed by atoms with E-state index in [1.165, 1.54) is 13.2 Å². The highest BCUT2D eigenvalue weighted by Gasteiger charge is 2.34. The Bertz CT molecular complexity index is 886. The molecule has 142 valence electrons. The maximum Gasteiger partial charge on any atom is 0.416 e. The predicted molar refractivity (Wildman–Crippen MR) is 96.0 cm³/mol. The molecule has 0 aliphatic carbocycles. The van der Waals surface area contributed by atoms with Crippen LogP contribution in [0.3, 0.4) is 0 Å². The molecule has 0 aromatic heterocycles. The van der Waals surface area contributed by atoms with Gasteiger partial charge in [-0.1, -0.05) is 6.07 Å². The van der Waals surface area contributed by atoms with Crippen LogP contribution in [0.4, 0.5) is 24.5 Å². The van der Waals surface area contributed by atoms with Crippen molar-refractivity contribution in [3.63, 3.8) is 0 Å². The fourth-order valence-corrected chi connectivity index (χ4v) is 3.63. The SMILES string of the molecule is COc1cccc(NC(=O)C[C@H]2Sc3ccc(C(F)(F)F)cc3NC2=O)c1. The van der Waals surface area contributed by atoms with Crippen molar-refractivity contribution in [1.29, 1.82) is 0 Å². The van der Waals surface area contributed by atoms with Crippen LogP contribution >= 0.6 is 11.8 Å². The number of carbonyl (C=O) groups excluding carboxylic acids is 2. The van der Waals surface area contributed by atoms with Gasteiger partial charge in [0.05, 0.1) is 23.6 Å². The summed E-state index contributed by atoms with van der Waals surface area (Å²) in [5.74, 6) is -0.314. The Kier molecular flexibility index (Phi) is 5.31. The van der Waals surface area contributed by atoms with Gasteiger partial charge >= 0.3 is 6.18 Å². The molecular weight excluding hydrogens is 381 g/mol. The van der Waals surface area contributed by atoms with E-state index in [1.54, 1.807) is 24.3 Å². The van der Waals surface area contributed by atoms with Crippen molar-refractivity contribution >= 4 is 35.0 Å². The second-order valence-electron chi connectivity index (χ2n) is 5.79. The maximum absolute atomic E-state index is 12.8. The lowest BCUT2D eigenvalue weighted by atomic mass is 10.1. The van der Waals surface area contributed by atoms with Crippen LogP contribution in [0.1, 0.15) is 12.0 Å². The first-order valence-electron chi connectivity index (χ1n) is 7.89. The molecule has 0 fully saturated rings. The van der Waals surface area contributed by atoms with E-state index in [4.69, 9.17) is 4.74 Å². The lowest BCUT2D eigenvalue weighted by Gasteiger charge is -2.24. The number of alkyl halides is 3. The molecule has 5 nitrogen and oxygen atoms in total. The van der Waals surface area contributed by atoms with Gasteiger partial charge in [0.1, 0.15) is 5.75 Å². The average molecular weight is 396 g/mol. The van der Waals surface area contributed by atoms with Gasteiger partial charge in [-0.3, -0.25) is 9.59 Å². The third kappa shape index (κ3) is 4.54. The Labute approximate surface area is 157 Å². The third-order valence-electron chi connectivity index (χ3n) is 3.85. The highest BCUT2D eigenvalue weighted by molar-refractivity contribution is 8.01. The largest absolute Gasteiger partial charge is 0.497 e. The molecule has 0 unspecified atom stereocenters. The fourth-order valence-electron chi connectivity index (χ4n) is 2.54. The first-order chi connectivity index (χ1) is 12.8. The molecule has 0 spiro atoms. The van der Waals surface area contributed by atoms with E-state index >= 15 is 0 Å². The van der Waals surface area contributed by atoms with E-state index < -0.39 is 22.9 Å². The summed E-state index contributed by atoms with van der Waals surface area (Å²) < 4.78 is 43.4. The van der Waals surface area contributed by atoms with Crippen LogP contribution < -0.4 is 15.4 Å². The number of fused-ring (bicyclic) bond motifs is 1. The van der Waals surface area contributed by atoms with Gasteiger partial charge in [0.25, 0.3) is 0 Å². The highest BCUT2D eigenvalue weighted by Crippen LogP contribution is 2.40. The Hall–Kier alpha value is -2.68. The number of ether oxygens (including phenoxy) is 1. The van der Waals surface area contributed by atoms with Crippen LogP contribution in [0.2, 0.25) is 0 Å². The Morgan fingerprint density at radius 3 is 2.74 bits per heavy atom. The lowest BCUT2D eigenvalue weighted by Crippen LogP contribution is -2.32. The number of methoxy groups -OCH3 is 1. The summed E-state index contributed by atoms with van der Waals surface area (Å²) in [4.78, 5) is 24.9. The Balaban J connectivity index is 1.68. The molecule has 0 radical (unpaired) electrons. The summed E-state index contributed by atoms with van der Waals surface area (Å²) in [5.41, 5.74) is -0.212. The smallest absolute Gasteiger partial charge is 0.416 e. The number of anilines is 2. The molecule has 2 aromatic carbocycles. The van der Waals surface area contributed by atoms with Gasteiger partial charge in [0.15, 0.2) is 0 Å². The van der Waals surface area contributed by atoms with Gasteiger partial charge in [-0.05, 0) is 30.3 Å². The lowest BCUT2D eigenvalue weighted by molar-refractivity contribution is -0.137. The minimum absolute atomic E-state index is 0.101. The van der Waals surface area contributed by atoms with Crippen LogP contribution in [0.5, 0.6) is 5.75 Å². The van der Waals surface area contributed by atoms with Crippen LogP contribution in [0, 0.1) is 0 Å². The number of carbonyl (C=O) groups is 2. The number of amides is 2. The first kappa shape index (κ1) is 19.1. The quantitative estimate of drug-likeness (QED) is 0.815. The third-order valence-corrected chi connectivity index (χ3v) is 5.13. The van der Waals surface area contributed by atoms with Gasteiger partial charge < -0.3 is 15.4 Å². The van der Waals surface area contributed by atoms with Gasteiger partial charge in [-0.25, -0.2) is 0 Å². The molecule has 1 atom stereocenters. The molecule has 0 saturated heterocycles. The molecule has 0 bridgehead atoms. The van der Waals surface area contributed by atoms with Gasteiger partial charge in [0, 0.05) is 23.1 Å². The van der Waals surface area contributed by atoms with E-state index in [0.29, 0.717) is 16.3 Å². The molecule has 0 saturated carbocycles. The zero-order chi connectivity index (χ0) is 19.6. The molecular formula is C18H15F3N2O3S. The molecule has 3 rings (SSSR count). The molecule has 2 aromatic rings. The molecule has 27 heavy (non-hydrogen) atoms. The van der Waals surface area contributed by atoms with E-state index in [2.05, 4.69) is 10.6 Å². The summed E-state index contributed by atoms with van der Waals surface area (Å²) in [6.45, 7) is 0. The molecule has 1 aliphatic heterocycles. The van der Waals surface area contributed by atoms with Crippen LogP contribution in [0.15, 0.2) is 47.4 Å². The average Bonchev–Trinajstić information content (AvgIpc) is 2.61. The molecule has 2 amide bonds. The number of rotatable bonds is 4. The molecule has 1 heterocycles. The number of benzene rings is 2. The minimum Gasteiger partial charge on any atom is -0.497 e. The van der Waals surface area contributed by atoms with E-state index in [1.807, 2.05) is 0 Å². The van der Waals surface area contributed by atoms with Gasteiger partial charge in [-0.2, -0.15) is 13.2 Å². The van der Waals surface area contributed by atoms with E-state index in [0.717, 1.165) is 23.9 Å². The van der Waals surface area contributed by atoms with Crippen LogP contribution in [-0.2, 0) is 15.8 Å². The summed E-state index contributed by atoms with van der Waals surface area (Å²) in [6, 6.07) is 9.92. The van der Waals surface area contributed by atoms with Gasteiger partial charge in [0.2, 0.25) is 11.8 Å². The monoisotopic (exact) mass is 396 g/mol. The molecule has 1 aliphatic rings. The van der Waals surface area contributed by atoms with Crippen LogP contribution in [0.25, 0.3) is 0 Å². The van der Waals surface area contributed by atoms with Gasteiger partial charge in [-0.15, -0.1) is 11.8 Å². The zero-order valence-corrected chi connectivity index (χ0v) is 14.9.